The van der Waals surface area contributed by atoms with Crippen molar-refractivity contribution in [2.24, 2.45) is 0 Å². The molecule has 1 aromatic heterocycles. The van der Waals surface area contributed by atoms with Crippen LogP contribution in [0.3, 0.4) is 0 Å². The van der Waals surface area contributed by atoms with Crippen molar-refractivity contribution in [1.82, 2.24) is 9.97 Å². The van der Waals surface area contributed by atoms with Gasteiger partial charge in [0.1, 0.15) is 0 Å². The molecular formula is C20H9Br3N2. The first-order chi connectivity index (χ1) is 12.1. The molecule has 5 heteroatoms. The monoisotopic (exact) mass is 514 g/mol. The molecule has 0 N–H and O–H groups in total. The molecule has 0 aliphatic carbocycles. The quantitative estimate of drug-likeness (QED) is 0.158. The van der Waals surface area contributed by atoms with E-state index < -0.39 is 0 Å². The Bertz CT molecular complexity index is 1330. The lowest BCUT2D eigenvalue weighted by atomic mass is 9.99. The summed E-state index contributed by atoms with van der Waals surface area (Å²) < 4.78 is 3.11. The lowest BCUT2D eigenvalue weighted by Gasteiger charge is -2.11. The number of benzene rings is 4. The minimum atomic E-state index is 0.891. The number of nitrogens with zero attached hydrogens (tertiary/aromatic N) is 2. The lowest BCUT2D eigenvalue weighted by molar-refractivity contribution is 1.41. The van der Waals surface area contributed by atoms with E-state index in [1.54, 1.807) is 0 Å². The fourth-order valence-corrected chi connectivity index (χ4v) is 4.37. The molecule has 0 fully saturated rings. The van der Waals surface area contributed by atoms with Gasteiger partial charge in [0.15, 0.2) is 0 Å². The van der Waals surface area contributed by atoms with Crippen molar-refractivity contribution in [2.75, 3.05) is 0 Å². The van der Waals surface area contributed by atoms with Crippen LogP contribution >= 0.6 is 47.8 Å². The van der Waals surface area contributed by atoms with Crippen molar-refractivity contribution in [3.63, 3.8) is 0 Å². The van der Waals surface area contributed by atoms with Crippen LogP contribution in [0.15, 0.2) is 68.0 Å². The van der Waals surface area contributed by atoms with E-state index in [2.05, 4.69) is 84.2 Å². The smallest absolute Gasteiger partial charge is 0.0979 e. The summed E-state index contributed by atoms with van der Waals surface area (Å²) in [4.78, 5) is 9.89. The van der Waals surface area contributed by atoms with Crippen molar-refractivity contribution >= 4 is 91.4 Å². The second kappa shape index (κ2) is 5.73. The van der Waals surface area contributed by atoms with Gasteiger partial charge in [0.05, 0.1) is 22.1 Å². The molecular weight excluding hydrogens is 508 g/mol. The Labute approximate surface area is 168 Å². The standard InChI is InChI=1S/C20H9Br3N2/c21-10-1-4-13-15(7-10)16-8-11(22)2-5-14(16)20-19(13)24-17-6-3-12(23)9-18(17)25-20/h1-9H. The maximum absolute atomic E-state index is 4.95. The molecule has 0 saturated heterocycles. The Balaban J connectivity index is 2.11. The summed E-state index contributed by atoms with van der Waals surface area (Å²) in [7, 11) is 0. The van der Waals surface area contributed by atoms with Gasteiger partial charge in [-0.25, -0.2) is 9.97 Å². The van der Waals surface area contributed by atoms with Crippen LogP contribution < -0.4 is 0 Å². The highest BCUT2D eigenvalue weighted by Crippen LogP contribution is 2.36. The van der Waals surface area contributed by atoms with E-state index in [1.165, 1.54) is 10.8 Å². The molecule has 0 radical (unpaired) electrons. The van der Waals surface area contributed by atoms with Crippen LogP contribution in [0.1, 0.15) is 0 Å². The highest BCUT2D eigenvalue weighted by molar-refractivity contribution is 9.11. The number of rotatable bonds is 0. The third-order valence-electron chi connectivity index (χ3n) is 4.39. The summed E-state index contributed by atoms with van der Waals surface area (Å²) in [6, 6.07) is 18.6. The Morgan fingerprint density at radius 1 is 0.480 bits per heavy atom. The van der Waals surface area contributed by atoms with Gasteiger partial charge in [-0.1, -0.05) is 59.9 Å². The van der Waals surface area contributed by atoms with Crippen molar-refractivity contribution in [1.29, 1.82) is 0 Å². The van der Waals surface area contributed by atoms with Crippen molar-refractivity contribution < 1.29 is 0 Å². The molecule has 0 spiro atoms. The molecule has 0 bridgehead atoms. The largest absolute Gasteiger partial charge is 0.244 e. The molecule has 0 unspecified atom stereocenters. The molecule has 5 aromatic rings. The summed E-state index contributed by atoms with van der Waals surface area (Å²) in [5.41, 5.74) is 3.66. The lowest BCUT2D eigenvalue weighted by Crippen LogP contribution is -1.91. The molecule has 0 aliphatic heterocycles. The van der Waals surface area contributed by atoms with E-state index in [9.17, 15) is 0 Å². The summed E-state index contributed by atoms with van der Waals surface area (Å²) in [6.45, 7) is 0. The molecule has 2 nitrogen and oxygen atoms in total. The van der Waals surface area contributed by atoms with E-state index in [-0.39, 0.29) is 0 Å². The van der Waals surface area contributed by atoms with Crippen LogP contribution in [0.2, 0.25) is 0 Å². The Morgan fingerprint density at radius 2 is 0.960 bits per heavy atom. The molecule has 0 aliphatic rings. The van der Waals surface area contributed by atoms with E-state index in [4.69, 9.17) is 9.97 Å². The Morgan fingerprint density at radius 3 is 1.56 bits per heavy atom. The zero-order valence-corrected chi connectivity index (χ0v) is 17.5. The SMILES string of the molecule is Brc1ccc2nc3c4ccc(Br)cc4c4cc(Br)ccc4c3nc2c1. The summed E-state index contributed by atoms with van der Waals surface area (Å²) >= 11 is 10.7. The molecule has 25 heavy (non-hydrogen) atoms. The summed E-state index contributed by atoms with van der Waals surface area (Å²) in [5.74, 6) is 0. The first kappa shape index (κ1) is 15.7. The van der Waals surface area contributed by atoms with Crippen LogP contribution in [0, 0.1) is 0 Å². The van der Waals surface area contributed by atoms with Gasteiger partial charge in [0.2, 0.25) is 0 Å². The van der Waals surface area contributed by atoms with Crippen LogP contribution in [-0.4, -0.2) is 9.97 Å². The van der Waals surface area contributed by atoms with Crippen LogP contribution in [0.25, 0.3) is 43.6 Å². The number of aromatic nitrogens is 2. The van der Waals surface area contributed by atoms with E-state index in [0.29, 0.717) is 0 Å². The Hall–Kier alpha value is -1.56. The number of hydrogen-bond donors (Lipinski definition) is 0. The fraction of sp³-hybridized carbons (Fsp3) is 0. The average molecular weight is 517 g/mol. The highest BCUT2D eigenvalue weighted by atomic mass is 79.9. The molecule has 0 saturated carbocycles. The van der Waals surface area contributed by atoms with Gasteiger partial charge in [-0.2, -0.15) is 0 Å². The fourth-order valence-electron chi connectivity index (χ4n) is 3.29. The third kappa shape index (κ3) is 2.48. The van der Waals surface area contributed by atoms with Crippen molar-refractivity contribution in [3.8, 4) is 0 Å². The molecule has 120 valence electrons. The molecule has 5 rings (SSSR count). The minimum Gasteiger partial charge on any atom is -0.244 e. The second-order valence-electron chi connectivity index (χ2n) is 5.93. The zero-order valence-electron chi connectivity index (χ0n) is 12.7. The predicted octanol–water partition coefficient (Wildman–Crippen LogP) is 7.38. The number of fused-ring (bicyclic) bond motifs is 7. The van der Waals surface area contributed by atoms with Crippen molar-refractivity contribution in [3.05, 3.63) is 68.0 Å². The molecule has 0 atom stereocenters. The number of hydrogen-bond acceptors (Lipinski definition) is 2. The van der Waals surface area contributed by atoms with Gasteiger partial charge in [0.25, 0.3) is 0 Å². The normalized spacial score (nSPS) is 11.8. The molecule has 0 amide bonds. The van der Waals surface area contributed by atoms with Crippen LogP contribution in [0.4, 0.5) is 0 Å². The maximum Gasteiger partial charge on any atom is 0.0979 e. The summed E-state index contributed by atoms with van der Waals surface area (Å²) in [6.07, 6.45) is 0. The first-order valence-electron chi connectivity index (χ1n) is 7.68. The first-order valence-corrected chi connectivity index (χ1v) is 10.1. The van der Waals surface area contributed by atoms with Gasteiger partial charge in [-0.05, 0) is 53.2 Å². The van der Waals surface area contributed by atoms with Gasteiger partial charge >= 0.3 is 0 Å². The van der Waals surface area contributed by atoms with Gasteiger partial charge < -0.3 is 0 Å². The second-order valence-corrected chi connectivity index (χ2v) is 8.68. The highest BCUT2D eigenvalue weighted by Gasteiger charge is 2.13. The maximum atomic E-state index is 4.95. The van der Waals surface area contributed by atoms with Gasteiger partial charge in [-0.15, -0.1) is 0 Å². The Kier molecular flexibility index (Phi) is 3.59. The zero-order chi connectivity index (χ0) is 17.1. The van der Waals surface area contributed by atoms with Crippen LogP contribution in [0.5, 0.6) is 0 Å². The van der Waals surface area contributed by atoms with Gasteiger partial charge in [0, 0.05) is 24.2 Å². The van der Waals surface area contributed by atoms with Crippen molar-refractivity contribution in [2.45, 2.75) is 0 Å². The molecule has 4 aromatic carbocycles. The van der Waals surface area contributed by atoms with Gasteiger partial charge in [-0.3, -0.25) is 0 Å². The van der Waals surface area contributed by atoms with E-state index in [1.807, 2.05) is 18.2 Å². The minimum absolute atomic E-state index is 0.891. The third-order valence-corrected chi connectivity index (χ3v) is 5.87. The molecule has 1 heterocycles. The summed E-state index contributed by atoms with van der Waals surface area (Å²) in [5, 5.41) is 4.56. The van der Waals surface area contributed by atoms with E-state index in [0.717, 1.165) is 46.3 Å². The average Bonchev–Trinajstić information content (AvgIpc) is 2.60. The number of halogens is 3. The van der Waals surface area contributed by atoms with E-state index >= 15 is 0 Å². The topological polar surface area (TPSA) is 25.8 Å². The predicted molar refractivity (Wildman–Crippen MR) is 115 cm³/mol. The van der Waals surface area contributed by atoms with Crippen LogP contribution in [-0.2, 0) is 0 Å².